The monoisotopic (exact) mass is 295 g/mol. The van der Waals surface area contributed by atoms with Crippen molar-refractivity contribution in [3.05, 3.63) is 6.29 Å². The highest BCUT2D eigenvalue weighted by Gasteiger charge is 2.18. The molecule has 0 heterocycles. The maximum atomic E-state index is 5.80. The summed E-state index contributed by atoms with van der Waals surface area (Å²) in [6, 6.07) is 2.29. The van der Waals surface area contributed by atoms with Crippen LogP contribution in [0.25, 0.3) is 0 Å². The molecule has 0 aliphatic rings. The van der Waals surface area contributed by atoms with Crippen LogP contribution in [0.1, 0.15) is 0 Å². The Morgan fingerprint density at radius 1 is 0.824 bits per heavy atom. The van der Waals surface area contributed by atoms with Crippen LogP contribution in [0.3, 0.4) is 0 Å². The molecule has 0 aromatic heterocycles. The third-order valence-electron chi connectivity index (χ3n) is 2.34. The van der Waals surface area contributed by atoms with E-state index in [0.29, 0.717) is 12.2 Å². The molecule has 2 nitrogen and oxygen atoms in total. The Hall–Kier alpha value is 0.644. The van der Waals surface area contributed by atoms with Gasteiger partial charge in [-0.3, -0.25) is 0 Å². The minimum absolute atomic E-state index is 0.345. The van der Waals surface area contributed by atoms with E-state index >= 15 is 0 Å². The van der Waals surface area contributed by atoms with Gasteiger partial charge >= 0.3 is 0 Å². The van der Waals surface area contributed by atoms with Crippen molar-refractivity contribution in [3.8, 4) is 0 Å². The SMILES string of the molecule is C[Si](C)(C)CCO[C](CCl)OCC[Si](C)(C)C. The zero-order valence-corrected chi connectivity index (χ0v) is 15.0. The van der Waals surface area contributed by atoms with Crippen LogP contribution >= 0.6 is 11.6 Å². The quantitative estimate of drug-likeness (QED) is 0.463. The topological polar surface area (TPSA) is 18.5 Å². The second-order valence-corrected chi connectivity index (χ2v) is 18.3. The van der Waals surface area contributed by atoms with E-state index in [2.05, 4.69) is 39.3 Å². The Morgan fingerprint density at radius 2 is 1.18 bits per heavy atom. The maximum absolute atomic E-state index is 5.80. The number of halogens is 1. The van der Waals surface area contributed by atoms with Crippen molar-refractivity contribution in [3.63, 3.8) is 0 Å². The Kier molecular flexibility index (Phi) is 8.24. The van der Waals surface area contributed by atoms with E-state index in [-0.39, 0.29) is 0 Å². The summed E-state index contributed by atoms with van der Waals surface area (Å²) in [5, 5.41) is 0. The summed E-state index contributed by atoms with van der Waals surface area (Å²) in [4.78, 5) is 0. The molecule has 0 aliphatic carbocycles. The molecular formula is C12H28ClO2Si2. The van der Waals surface area contributed by atoms with Crippen molar-refractivity contribution in [1.82, 2.24) is 0 Å². The summed E-state index contributed by atoms with van der Waals surface area (Å²) >= 11 is 5.80. The van der Waals surface area contributed by atoms with Gasteiger partial charge in [0.2, 0.25) is 6.29 Å². The van der Waals surface area contributed by atoms with Crippen molar-refractivity contribution in [2.45, 2.75) is 51.4 Å². The standard InChI is InChI=1S/C12H28ClO2Si2/c1-16(2,3)9-7-14-12(11-13)15-8-10-17(4,5)6/h7-11H2,1-6H3. The molecule has 0 aliphatic heterocycles. The van der Waals surface area contributed by atoms with Crippen LogP contribution in [-0.2, 0) is 9.47 Å². The molecule has 0 fully saturated rings. The second-order valence-electron chi connectivity index (χ2n) is 6.82. The molecule has 5 heteroatoms. The van der Waals surface area contributed by atoms with E-state index in [1.54, 1.807) is 0 Å². The van der Waals surface area contributed by atoms with E-state index in [9.17, 15) is 0 Å². The fourth-order valence-corrected chi connectivity index (χ4v) is 2.64. The van der Waals surface area contributed by atoms with E-state index in [4.69, 9.17) is 21.1 Å². The van der Waals surface area contributed by atoms with Gasteiger partial charge in [0.15, 0.2) is 0 Å². The van der Waals surface area contributed by atoms with E-state index in [0.717, 1.165) is 25.3 Å². The van der Waals surface area contributed by atoms with E-state index < -0.39 is 16.1 Å². The average Bonchev–Trinajstić information content (AvgIpc) is 2.11. The van der Waals surface area contributed by atoms with Gasteiger partial charge in [0.05, 0.1) is 5.88 Å². The molecule has 103 valence electrons. The Labute approximate surface area is 114 Å². The van der Waals surface area contributed by atoms with E-state index in [1.807, 2.05) is 0 Å². The lowest BCUT2D eigenvalue weighted by atomic mass is 10.7. The molecule has 0 unspecified atom stereocenters. The lowest BCUT2D eigenvalue weighted by molar-refractivity contribution is -0.0264. The Balaban J connectivity index is 3.70. The zero-order chi connectivity index (χ0) is 13.5. The van der Waals surface area contributed by atoms with Crippen LogP contribution in [-0.4, -0.2) is 35.2 Å². The first-order valence-corrected chi connectivity index (χ1v) is 14.3. The smallest absolute Gasteiger partial charge is 0.239 e. The zero-order valence-electron chi connectivity index (χ0n) is 12.2. The molecule has 17 heavy (non-hydrogen) atoms. The molecule has 0 spiro atoms. The number of ether oxygens (including phenoxy) is 2. The molecule has 1 radical (unpaired) electrons. The first kappa shape index (κ1) is 17.6. The number of hydrogen-bond acceptors (Lipinski definition) is 2. The first-order chi connectivity index (χ1) is 7.64. The number of alkyl halides is 1. The summed E-state index contributed by atoms with van der Waals surface area (Å²) in [5.41, 5.74) is 0. The first-order valence-electron chi connectivity index (χ1n) is 6.31. The van der Waals surface area contributed by atoms with Crippen molar-refractivity contribution in [2.75, 3.05) is 19.1 Å². The molecular weight excluding hydrogens is 268 g/mol. The average molecular weight is 296 g/mol. The van der Waals surface area contributed by atoms with Crippen LogP contribution in [0.5, 0.6) is 0 Å². The highest BCUT2D eigenvalue weighted by Crippen LogP contribution is 2.15. The van der Waals surface area contributed by atoms with Gasteiger partial charge < -0.3 is 9.47 Å². The van der Waals surface area contributed by atoms with Gasteiger partial charge in [-0.15, -0.1) is 11.6 Å². The third kappa shape index (κ3) is 12.9. The van der Waals surface area contributed by atoms with Gasteiger partial charge in [0.1, 0.15) is 0 Å². The minimum atomic E-state index is -1.03. The molecule has 0 atom stereocenters. The van der Waals surface area contributed by atoms with Crippen molar-refractivity contribution < 1.29 is 9.47 Å². The summed E-state index contributed by atoms with van der Waals surface area (Å²) in [6.07, 6.45) is 0.600. The van der Waals surface area contributed by atoms with Gasteiger partial charge in [0.25, 0.3) is 0 Å². The van der Waals surface area contributed by atoms with Crippen molar-refractivity contribution in [1.29, 1.82) is 0 Å². The highest BCUT2D eigenvalue weighted by molar-refractivity contribution is 6.76. The summed E-state index contributed by atoms with van der Waals surface area (Å²) in [7, 11) is -2.06. The minimum Gasteiger partial charge on any atom is -0.345 e. The second kappa shape index (κ2) is 7.94. The largest absolute Gasteiger partial charge is 0.345 e. The number of hydrogen-bond donors (Lipinski definition) is 0. The van der Waals surface area contributed by atoms with Gasteiger partial charge in [0, 0.05) is 29.4 Å². The van der Waals surface area contributed by atoms with Gasteiger partial charge in [-0.25, -0.2) is 0 Å². The third-order valence-corrected chi connectivity index (χ3v) is 5.97. The fourth-order valence-electron chi connectivity index (χ4n) is 1.06. The fraction of sp³-hybridized carbons (Fsp3) is 0.917. The lowest BCUT2D eigenvalue weighted by Crippen LogP contribution is -2.25. The van der Waals surface area contributed by atoms with Gasteiger partial charge in [-0.05, 0) is 12.1 Å². The van der Waals surface area contributed by atoms with Gasteiger partial charge in [-0.2, -0.15) is 0 Å². The Bertz CT molecular complexity index is 180. The molecule has 0 bridgehead atoms. The lowest BCUT2D eigenvalue weighted by Gasteiger charge is -2.20. The predicted octanol–water partition coefficient (Wildman–Crippen LogP) is 4.42. The van der Waals surface area contributed by atoms with Crippen LogP contribution in [0.15, 0.2) is 0 Å². The predicted molar refractivity (Wildman–Crippen MR) is 82.2 cm³/mol. The normalized spacial score (nSPS) is 13.4. The molecule has 0 saturated carbocycles. The van der Waals surface area contributed by atoms with Crippen molar-refractivity contribution >= 4 is 27.7 Å². The van der Waals surface area contributed by atoms with Crippen LogP contribution in [0, 0.1) is 6.29 Å². The summed E-state index contributed by atoms with van der Waals surface area (Å²) in [5.74, 6) is 0.345. The van der Waals surface area contributed by atoms with Crippen molar-refractivity contribution in [2.24, 2.45) is 0 Å². The van der Waals surface area contributed by atoms with Gasteiger partial charge in [-0.1, -0.05) is 39.3 Å². The van der Waals surface area contributed by atoms with Crippen LogP contribution < -0.4 is 0 Å². The van der Waals surface area contributed by atoms with Crippen LogP contribution in [0.4, 0.5) is 0 Å². The Morgan fingerprint density at radius 3 is 1.41 bits per heavy atom. The summed E-state index contributed by atoms with van der Waals surface area (Å²) < 4.78 is 11.2. The molecule has 0 aromatic carbocycles. The maximum Gasteiger partial charge on any atom is 0.239 e. The molecule has 0 N–H and O–H groups in total. The molecule has 0 aromatic rings. The molecule has 0 amide bonds. The molecule has 0 saturated heterocycles. The summed E-state index contributed by atoms with van der Waals surface area (Å²) in [6.45, 7) is 15.5. The number of rotatable bonds is 9. The molecule has 0 rings (SSSR count). The highest BCUT2D eigenvalue weighted by atomic mass is 35.5. The van der Waals surface area contributed by atoms with E-state index in [1.165, 1.54) is 0 Å². The van der Waals surface area contributed by atoms with Crippen LogP contribution in [0.2, 0.25) is 51.4 Å².